The Bertz CT molecular complexity index is 382. The maximum Gasteiger partial charge on any atom is 0.131 e. The quantitative estimate of drug-likeness (QED) is 0.888. The van der Waals surface area contributed by atoms with Crippen molar-refractivity contribution in [2.24, 2.45) is 7.05 Å². The molecule has 0 bridgehead atoms. The van der Waals surface area contributed by atoms with E-state index >= 15 is 0 Å². The molecular formula is C12H21ClN4. The van der Waals surface area contributed by atoms with Crippen molar-refractivity contribution in [3.8, 4) is 0 Å². The first kappa shape index (κ1) is 12.9. The van der Waals surface area contributed by atoms with E-state index in [0.717, 1.165) is 37.0 Å². The molecule has 96 valence electrons. The molecule has 0 radical (unpaired) electrons. The summed E-state index contributed by atoms with van der Waals surface area (Å²) in [5, 5.41) is 8.55. The molecule has 0 saturated carbocycles. The molecule has 1 N–H and O–H groups in total. The molecule has 17 heavy (non-hydrogen) atoms. The summed E-state index contributed by atoms with van der Waals surface area (Å²) < 4.78 is 1.76. The molecule has 1 aliphatic heterocycles. The lowest BCUT2D eigenvalue weighted by Crippen LogP contribution is -2.36. The van der Waals surface area contributed by atoms with E-state index in [9.17, 15) is 0 Å². The molecule has 1 atom stereocenters. The van der Waals surface area contributed by atoms with Gasteiger partial charge in [0, 0.05) is 31.7 Å². The van der Waals surface area contributed by atoms with Crippen molar-refractivity contribution in [2.75, 3.05) is 19.6 Å². The summed E-state index contributed by atoms with van der Waals surface area (Å²) in [6.07, 6.45) is 1.23. The van der Waals surface area contributed by atoms with Gasteiger partial charge in [-0.15, -0.1) is 0 Å². The van der Waals surface area contributed by atoms with E-state index in [2.05, 4.69) is 22.2 Å². The fraction of sp³-hybridized carbons (Fsp3) is 0.750. The van der Waals surface area contributed by atoms with Crippen LogP contribution in [0.1, 0.15) is 24.6 Å². The molecule has 1 unspecified atom stereocenters. The monoisotopic (exact) mass is 256 g/mol. The minimum Gasteiger partial charge on any atom is -0.315 e. The zero-order valence-electron chi connectivity index (χ0n) is 10.8. The third-order valence-corrected chi connectivity index (χ3v) is 4.06. The summed E-state index contributed by atoms with van der Waals surface area (Å²) in [6.45, 7) is 8.41. The molecule has 1 fully saturated rings. The second-order valence-corrected chi connectivity index (χ2v) is 5.05. The predicted molar refractivity (Wildman–Crippen MR) is 70.3 cm³/mol. The standard InChI is InChI=1S/C12H21ClN4/c1-4-17(10-5-6-14-7-10)8-11-9(2)15-16(3)12(11)13/h10,14H,4-8H2,1-3H3. The zero-order chi connectivity index (χ0) is 12.4. The van der Waals surface area contributed by atoms with Crippen LogP contribution in [0.5, 0.6) is 0 Å². The largest absolute Gasteiger partial charge is 0.315 e. The Labute approximate surface area is 108 Å². The average molecular weight is 257 g/mol. The number of hydrogen-bond donors (Lipinski definition) is 1. The van der Waals surface area contributed by atoms with Gasteiger partial charge in [-0.1, -0.05) is 18.5 Å². The van der Waals surface area contributed by atoms with Gasteiger partial charge in [-0.2, -0.15) is 5.10 Å². The van der Waals surface area contributed by atoms with Crippen LogP contribution in [0.4, 0.5) is 0 Å². The Morgan fingerprint density at radius 3 is 2.82 bits per heavy atom. The van der Waals surface area contributed by atoms with Crippen molar-refractivity contribution >= 4 is 11.6 Å². The van der Waals surface area contributed by atoms with Crippen LogP contribution in [0.15, 0.2) is 0 Å². The van der Waals surface area contributed by atoms with Gasteiger partial charge in [0.25, 0.3) is 0 Å². The summed E-state index contributed by atoms with van der Waals surface area (Å²) in [4.78, 5) is 2.48. The normalized spacial score (nSPS) is 20.4. The number of hydrogen-bond acceptors (Lipinski definition) is 3. The molecule has 0 amide bonds. The lowest BCUT2D eigenvalue weighted by molar-refractivity contribution is 0.210. The molecule has 0 spiro atoms. The van der Waals surface area contributed by atoms with Crippen LogP contribution >= 0.6 is 11.6 Å². The van der Waals surface area contributed by atoms with Crippen LogP contribution in [0.25, 0.3) is 0 Å². The van der Waals surface area contributed by atoms with Gasteiger partial charge >= 0.3 is 0 Å². The topological polar surface area (TPSA) is 33.1 Å². The summed E-state index contributed by atoms with van der Waals surface area (Å²) in [6, 6.07) is 0.635. The maximum atomic E-state index is 6.28. The van der Waals surface area contributed by atoms with Gasteiger partial charge in [-0.05, 0) is 26.4 Å². The molecule has 2 rings (SSSR count). The number of halogens is 1. The van der Waals surface area contributed by atoms with Crippen molar-refractivity contribution in [3.05, 3.63) is 16.4 Å². The van der Waals surface area contributed by atoms with Crippen LogP contribution in [0.3, 0.4) is 0 Å². The van der Waals surface area contributed by atoms with E-state index < -0.39 is 0 Å². The van der Waals surface area contributed by atoms with Crippen LogP contribution in [-0.4, -0.2) is 40.4 Å². The summed E-state index contributed by atoms with van der Waals surface area (Å²) >= 11 is 6.28. The highest BCUT2D eigenvalue weighted by atomic mass is 35.5. The number of aryl methyl sites for hydroxylation is 2. The van der Waals surface area contributed by atoms with Crippen LogP contribution in [-0.2, 0) is 13.6 Å². The lowest BCUT2D eigenvalue weighted by atomic mass is 10.1. The molecule has 5 heteroatoms. The second kappa shape index (κ2) is 5.38. The predicted octanol–water partition coefficient (Wildman–Crippen LogP) is 1.57. The van der Waals surface area contributed by atoms with E-state index in [1.54, 1.807) is 4.68 Å². The Morgan fingerprint density at radius 2 is 2.35 bits per heavy atom. The molecule has 1 aliphatic rings. The first-order valence-corrected chi connectivity index (χ1v) is 6.64. The summed E-state index contributed by atoms with van der Waals surface area (Å²) in [5.74, 6) is 0. The van der Waals surface area contributed by atoms with E-state index in [4.69, 9.17) is 11.6 Å². The summed E-state index contributed by atoms with van der Waals surface area (Å²) in [7, 11) is 1.90. The molecule has 1 aromatic heterocycles. The van der Waals surface area contributed by atoms with Gasteiger partial charge in [0.1, 0.15) is 5.15 Å². The SMILES string of the molecule is CCN(Cc1c(C)nn(C)c1Cl)C1CCNC1. The first-order valence-electron chi connectivity index (χ1n) is 6.26. The number of aromatic nitrogens is 2. The molecule has 1 saturated heterocycles. The number of rotatable bonds is 4. The number of nitrogens with zero attached hydrogens (tertiary/aromatic N) is 3. The van der Waals surface area contributed by atoms with E-state index in [1.165, 1.54) is 12.0 Å². The Morgan fingerprint density at radius 1 is 1.59 bits per heavy atom. The van der Waals surface area contributed by atoms with Crippen molar-refractivity contribution in [1.29, 1.82) is 0 Å². The van der Waals surface area contributed by atoms with Crippen molar-refractivity contribution in [3.63, 3.8) is 0 Å². The zero-order valence-corrected chi connectivity index (χ0v) is 11.6. The summed E-state index contributed by atoms with van der Waals surface area (Å²) in [5.41, 5.74) is 2.21. The van der Waals surface area contributed by atoms with Crippen molar-refractivity contribution < 1.29 is 0 Å². The molecule has 0 aliphatic carbocycles. The third kappa shape index (κ3) is 2.64. The van der Waals surface area contributed by atoms with Gasteiger partial charge in [0.15, 0.2) is 0 Å². The van der Waals surface area contributed by atoms with Gasteiger partial charge in [0.05, 0.1) is 5.69 Å². The Kier molecular flexibility index (Phi) is 4.07. The highest BCUT2D eigenvalue weighted by molar-refractivity contribution is 6.30. The average Bonchev–Trinajstić information content (AvgIpc) is 2.89. The van der Waals surface area contributed by atoms with Crippen molar-refractivity contribution in [2.45, 2.75) is 32.9 Å². The lowest BCUT2D eigenvalue weighted by Gasteiger charge is -2.26. The van der Waals surface area contributed by atoms with Gasteiger partial charge in [-0.3, -0.25) is 9.58 Å². The highest BCUT2D eigenvalue weighted by Gasteiger charge is 2.23. The Balaban J connectivity index is 2.12. The smallest absolute Gasteiger partial charge is 0.131 e. The first-order chi connectivity index (χ1) is 8.13. The molecule has 1 aromatic rings. The highest BCUT2D eigenvalue weighted by Crippen LogP contribution is 2.22. The van der Waals surface area contributed by atoms with Gasteiger partial charge in [0.2, 0.25) is 0 Å². The fourth-order valence-corrected chi connectivity index (χ4v) is 2.74. The van der Waals surface area contributed by atoms with Crippen LogP contribution in [0.2, 0.25) is 5.15 Å². The van der Waals surface area contributed by atoms with E-state index in [1.807, 2.05) is 14.0 Å². The fourth-order valence-electron chi connectivity index (χ4n) is 2.51. The third-order valence-electron chi connectivity index (χ3n) is 3.59. The van der Waals surface area contributed by atoms with Crippen LogP contribution in [0, 0.1) is 6.92 Å². The molecule has 2 heterocycles. The van der Waals surface area contributed by atoms with Crippen molar-refractivity contribution in [1.82, 2.24) is 20.0 Å². The molecule has 4 nitrogen and oxygen atoms in total. The van der Waals surface area contributed by atoms with E-state index in [0.29, 0.717) is 6.04 Å². The minimum absolute atomic E-state index is 0.635. The maximum absolute atomic E-state index is 6.28. The molecular weight excluding hydrogens is 236 g/mol. The minimum atomic E-state index is 0.635. The number of likely N-dealkylation sites (N-methyl/N-ethyl adjacent to an activating group) is 1. The van der Waals surface area contributed by atoms with Crippen LogP contribution < -0.4 is 5.32 Å². The van der Waals surface area contributed by atoms with E-state index in [-0.39, 0.29) is 0 Å². The molecule has 0 aromatic carbocycles. The van der Waals surface area contributed by atoms with Gasteiger partial charge in [-0.25, -0.2) is 0 Å². The second-order valence-electron chi connectivity index (χ2n) is 4.69. The number of nitrogens with one attached hydrogen (secondary N) is 1. The Hall–Kier alpha value is -0.580. The van der Waals surface area contributed by atoms with Gasteiger partial charge < -0.3 is 5.32 Å².